The van der Waals surface area contributed by atoms with Gasteiger partial charge in [0.2, 0.25) is 0 Å². The molecule has 7 heteroatoms. The van der Waals surface area contributed by atoms with Gasteiger partial charge in [-0.3, -0.25) is 14.7 Å². The van der Waals surface area contributed by atoms with Gasteiger partial charge >= 0.3 is 0 Å². The van der Waals surface area contributed by atoms with Crippen molar-refractivity contribution in [2.75, 3.05) is 39.3 Å². The Morgan fingerprint density at radius 2 is 1.61 bits per heavy atom. The van der Waals surface area contributed by atoms with Gasteiger partial charge in [0.05, 0.1) is 6.61 Å². The van der Waals surface area contributed by atoms with Gasteiger partial charge in [0, 0.05) is 57.2 Å². The molecule has 1 aliphatic rings. The average Bonchev–Trinajstić information content (AvgIpc) is 2.93. The summed E-state index contributed by atoms with van der Waals surface area (Å²) < 4.78 is 11.7. The van der Waals surface area contributed by atoms with Gasteiger partial charge in [-0.25, -0.2) is 0 Å². The van der Waals surface area contributed by atoms with E-state index >= 15 is 0 Å². The smallest absolute Gasteiger partial charge is 0.251 e. The molecular formula is C29H36N4O3. The van der Waals surface area contributed by atoms with Crippen molar-refractivity contribution in [1.29, 1.82) is 0 Å². The maximum Gasteiger partial charge on any atom is 0.251 e. The van der Waals surface area contributed by atoms with Crippen LogP contribution in [0.3, 0.4) is 0 Å². The number of nitrogens with zero attached hydrogens (tertiary/aromatic N) is 3. The zero-order valence-electron chi connectivity index (χ0n) is 21.3. The van der Waals surface area contributed by atoms with E-state index in [4.69, 9.17) is 9.47 Å². The van der Waals surface area contributed by atoms with E-state index in [1.54, 1.807) is 30.6 Å². The molecule has 190 valence electrons. The van der Waals surface area contributed by atoms with E-state index in [2.05, 4.69) is 45.2 Å². The van der Waals surface area contributed by atoms with Crippen LogP contribution < -0.4 is 14.8 Å². The number of pyridine rings is 1. The fourth-order valence-corrected chi connectivity index (χ4v) is 4.34. The summed E-state index contributed by atoms with van der Waals surface area (Å²) in [5, 5.41) is 3.09. The third-order valence-corrected chi connectivity index (χ3v) is 6.51. The van der Waals surface area contributed by atoms with Crippen LogP contribution in [0.1, 0.15) is 40.9 Å². The quantitative estimate of drug-likeness (QED) is 0.438. The third-order valence-electron chi connectivity index (χ3n) is 6.51. The SMILES string of the molecule is CCOc1cc(C(=O)NCc2ccccc2CN2CCN(CC)CC2)ccc1OCc1ccncc1. The first-order valence-electron chi connectivity index (χ1n) is 12.7. The number of carbonyl (C=O) groups is 1. The third kappa shape index (κ3) is 7.06. The number of carbonyl (C=O) groups excluding carboxylic acids is 1. The molecule has 4 rings (SSSR count). The lowest BCUT2D eigenvalue weighted by Gasteiger charge is -2.34. The predicted molar refractivity (Wildman–Crippen MR) is 141 cm³/mol. The predicted octanol–water partition coefficient (Wildman–Crippen LogP) is 4.13. The summed E-state index contributed by atoms with van der Waals surface area (Å²) in [6, 6.07) is 17.5. The zero-order chi connectivity index (χ0) is 25.2. The Labute approximate surface area is 214 Å². The van der Waals surface area contributed by atoms with Crippen LogP contribution in [-0.2, 0) is 19.7 Å². The van der Waals surface area contributed by atoms with Crippen LogP contribution >= 0.6 is 0 Å². The summed E-state index contributed by atoms with van der Waals surface area (Å²) >= 11 is 0. The molecular weight excluding hydrogens is 452 g/mol. The van der Waals surface area contributed by atoms with Crippen LogP contribution in [0.15, 0.2) is 67.0 Å². The maximum absolute atomic E-state index is 13.0. The largest absolute Gasteiger partial charge is 0.490 e. The molecule has 0 spiro atoms. The molecule has 0 unspecified atom stereocenters. The summed E-state index contributed by atoms with van der Waals surface area (Å²) in [7, 11) is 0. The molecule has 1 aromatic heterocycles. The highest BCUT2D eigenvalue weighted by Crippen LogP contribution is 2.29. The van der Waals surface area contributed by atoms with Crippen molar-refractivity contribution in [3.05, 3.63) is 89.2 Å². The van der Waals surface area contributed by atoms with E-state index in [1.807, 2.05) is 25.1 Å². The fraction of sp³-hybridized carbons (Fsp3) is 0.379. The van der Waals surface area contributed by atoms with E-state index in [0.717, 1.165) is 50.4 Å². The average molecular weight is 489 g/mol. The highest BCUT2D eigenvalue weighted by Gasteiger charge is 2.17. The lowest BCUT2D eigenvalue weighted by atomic mass is 10.1. The van der Waals surface area contributed by atoms with Crippen LogP contribution in [-0.4, -0.2) is 60.0 Å². The highest BCUT2D eigenvalue weighted by molar-refractivity contribution is 5.94. The molecule has 1 amide bonds. The maximum atomic E-state index is 13.0. The summed E-state index contributed by atoms with van der Waals surface area (Å²) in [6.45, 7) is 11.9. The van der Waals surface area contributed by atoms with Gasteiger partial charge in [0.25, 0.3) is 5.91 Å². The number of likely N-dealkylation sites (N-methyl/N-ethyl adjacent to an activating group) is 1. The van der Waals surface area contributed by atoms with Crippen molar-refractivity contribution in [2.45, 2.75) is 33.5 Å². The van der Waals surface area contributed by atoms with E-state index in [1.165, 1.54) is 5.56 Å². The van der Waals surface area contributed by atoms with E-state index in [9.17, 15) is 4.79 Å². The summed E-state index contributed by atoms with van der Waals surface area (Å²) in [5.74, 6) is 1.03. The lowest BCUT2D eigenvalue weighted by Crippen LogP contribution is -2.45. The number of nitrogens with one attached hydrogen (secondary N) is 1. The van der Waals surface area contributed by atoms with E-state index < -0.39 is 0 Å². The Balaban J connectivity index is 1.37. The normalized spacial score (nSPS) is 14.4. The number of hydrogen-bond acceptors (Lipinski definition) is 6. The molecule has 1 saturated heterocycles. The molecule has 2 heterocycles. The van der Waals surface area contributed by atoms with Crippen molar-refractivity contribution in [2.24, 2.45) is 0 Å². The molecule has 3 aromatic rings. The number of rotatable bonds is 11. The van der Waals surface area contributed by atoms with Gasteiger partial charge < -0.3 is 19.7 Å². The zero-order valence-corrected chi connectivity index (χ0v) is 21.3. The molecule has 36 heavy (non-hydrogen) atoms. The Hall–Kier alpha value is -3.42. The molecule has 0 bridgehead atoms. The number of piperazine rings is 1. The first-order chi connectivity index (χ1) is 17.7. The van der Waals surface area contributed by atoms with Crippen LogP contribution in [0, 0.1) is 0 Å². The van der Waals surface area contributed by atoms with Crippen LogP contribution in [0.5, 0.6) is 11.5 Å². The molecule has 0 aliphatic carbocycles. The van der Waals surface area contributed by atoms with Gasteiger partial charge in [0.15, 0.2) is 11.5 Å². The number of ether oxygens (including phenoxy) is 2. The molecule has 1 N–H and O–H groups in total. The van der Waals surface area contributed by atoms with Gasteiger partial charge in [0.1, 0.15) is 6.61 Å². The molecule has 2 aromatic carbocycles. The van der Waals surface area contributed by atoms with Gasteiger partial charge in [-0.05, 0) is 60.5 Å². The van der Waals surface area contributed by atoms with E-state index in [-0.39, 0.29) is 5.91 Å². The summed E-state index contributed by atoms with van der Waals surface area (Å²) in [5.41, 5.74) is 3.96. The van der Waals surface area contributed by atoms with Gasteiger partial charge in [-0.1, -0.05) is 31.2 Å². The van der Waals surface area contributed by atoms with Crippen molar-refractivity contribution < 1.29 is 14.3 Å². The standard InChI is InChI=1S/C29H36N4O3/c1-3-32-15-17-33(18-16-32)21-26-8-6-5-7-25(26)20-31-29(34)24-9-10-27(28(19-24)35-4-2)36-22-23-11-13-30-14-12-23/h5-14,19H,3-4,15-18,20-22H2,1-2H3,(H,31,34). The number of amides is 1. The Kier molecular flexibility index (Phi) is 9.30. The van der Waals surface area contributed by atoms with Crippen molar-refractivity contribution in [3.8, 4) is 11.5 Å². The van der Waals surface area contributed by atoms with Crippen LogP contribution in [0.2, 0.25) is 0 Å². The highest BCUT2D eigenvalue weighted by atomic mass is 16.5. The van der Waals surface area contributed by atoms with Crippen LogP contribution in [0.25, 0.3) is 0 Å². The minimum atomic E-state index is -0.136. The molecule has 7 nitrogen and oxygen atoms in total. The number of hydrogen-bond donors (Lipinski definition) is 1. The lowest BCUT2D eigenvalue weighted by molar-refractivity contribution is 0.0950. The second kappa shape index (κ2) is 13.0. The topological polar surface area (TPSA) is 66.9 Å². The summed E-state index contributed by atoms with van der Waals surface area (Å²) in [4.78, 5) is 22.0. The Bertz CT molecular complexity index is 1110. The number of benzene rings is 2. The second-order valence-electron chi connectivity index (χ2n) is 8.90. The minimum Gasteiger partial charge on any atom is -0.490 e. The molecule has 0 radical (unpaired) electrons. The van der Waals surface area contributed by atoms with E-state index in [0.29, 0.717) is 36.8 Å². The molecule has 0 atom stereocenters. The first-order valence-corrected chi connectivity index (χ1v) is 12.7. The molecule has 1 fully saturated rings. The monoisotopic (exact) mass is 488 g/mol. The molecule has 0 saturated carbocycles. The second-order valence-corrected chi connectivity index (χ2v) is 8.90. The Morgan fingerprint density at radius 3 is 2.33 bits per heavy atom. The Morgan fingerprint density at radius 1 is 0.889 bits per heavy atom. The minimum absolute atomic E-state index is 0.136. The van der Waals surface area contributed by atoms with Crippen molar-refractivity contribution in [3.63, 3.8) is 0 Å². The first kappa shape index (κ1) is 25.7. The van der Waals surface area contributed by atoms with Gasteiger partial charge in [-0.2, -0.15) is 0 Å². The molecule has 1 aliphatic heterocycles. The van der Waals surface area contributed by atoms with Crippen molar-refractivity contribution in [1.82, 2.24) is 20.1 Å². The number of aromatic nitrogens is 1. The van der Waals surface area contributed by atoms with Crippen molar-refractivity contribution >= 4 is 5.91 Å². The van der Waals surface area contributed by atoms with Crippen LogP contribution in [0.4, 0.5) is 0 Å². The summed E-state index contributed by atoms with van der Waals surface area (Å²) in [6.07, 6.45) is 3.47. The fourth-order valence-electron chi connectivity index (χ4n) is 4.34. The van der Waals surface area contributed by atoms with Gasteiger partial charge in [-0.15, -0.1) is 0 Å².